The highest BCUT2D eigenvalue weighted by molar-refractivity contribution is 5.97. The van der Waals surface area contributed by atoms with E-state index in [9.17, 15) is 4.79 Å². The molecule has 19 heavy (non-hydrogen) atoms. The summed E-state index contributed by atoms with van der Waals surface area (Å²) in [5, 5.41) is 3.07. The molecule has 5 heteroatoms. The molecule has 1 aromatic rings. The molecule has 1 amide bonds. The molecule has 3 N–H and O–H groups in total. The number of amides is 1. The van der Waals surface area contributed by atoms with Crippen LogP contribution in [-0.2, 0) is 0 Å². The van der Waals surface area contributed by atoms with Crippen LogP contribution in [0, 0.1) is 0 Å². The summed E-state index contributed by atoms with van der Waals surface area (Å²) in [6.07, 6.45) is 5.87. The molecule has 0 radical (unpaired) electrons. The summed E-state index contributed by atoms with van der Waals surface area (Å²) in [6, 6.07) is 0. The standard InChI is InChI=1S/C14H22N4O/c1-9(2)12-16-8-10(15)11(17-12)13(19)18-14(3)6-4-5-7-14/h8-9H,4-7,15H2,1-3H3,(H,18,19). The lowest BCUT2D eigenvalue weighted by molar-refractivity contribution is 0.0903. The molecule has 0 spiro atoms. The summed E-state index contributed by atoms with van der Waals surface area (Å²) < 4.78 is 0. The molecule has 0 aromatic carbocycles. The topological polar surface area (TPSA) is 80.9 Å². The van der Waals surface area contributed by atoms with E-state index in [2.05, 4.69) is 22.2 Å². The molecule has 0 saturated heterocycles. The quantitative estimate of drug-likeness (QED) is 0.875. The minimum absolute atomic E-state index is 0.119. The SMILES string of the molecule is CC(C)c1ncc(N)c(C(=O)NC2(C)CCCC2)n1. The molecule has 0 bridgehead atoms. The Hall–Kier alpha value is -1.65. The van der Waals surface area contributed by atoms with Crippen molar-refractivity contribution in [1.29, 1.82) is 0 Å². The largest absolute Gasteiger partial charge is 0.396 e. The number of hydrogen-bond acceptors (Lipinski definition) is 4. The van der Waals surface area contributed by atoms with Crippen molar-refractivity contribution in [2.24, 2.45) is 0 Å². The van der Waals surface area contributed by atoms with E-state index >= 15 is 0 Å². The van der Waals surface area contributed by atoms with E-state index in [0.717, 1.165) is 25.7 Å². The van der Waals surface area contributed by atoms with Crippen LogP contribution in [0.1, 0.15) is 68.7 Å². The molecule has 1 aliphatic carbocycles. The van der Waals surface area contributed by atoms with Crippen LogP contribution in [0.2, 0.25) is 0 Å². The number of nitrogens with zero attached hydrogens (tertiary/aromatic N) is 2. The number of anilines is 1. The van der Waals surface area contributed by atoms with Crippen LogP contribution < -0.4 is 11.1 Å². The maximum Gasteiger partial charge on any atom is 0.272 e. The van der Waals surface area contributed by atoms with Gasteiger partial charge in [0, 0.05) is 11.5 Å². The van der Waals surface area contributed by atoms with Gasteiger partial charge in [-0.05, 0) is 19.8 Å². The van der Waals surface area contributed by atoms with Crippen LogP contribution >= 0.6 is 0 Å². The molecule has 104 valence electrons. The van der Waals surface area contributed by atoms with Crippen LogP contribution in [-0.4, -0.2) is 21.4 Å². The Morgan fingerprint density at radius 3 is 2.63 bits per heavy atom. The first kappa shape index (κ1) is 13.8. The molecule has 1 aromatic heterocycles. The third-order valence-corrected chi connectivity index (χ3v) is 3.69. The fourth-order valence-corrected chi connectivity index (χ4v) is 2.48. The van der Waals surface area contributed by atoms with Crippen molar-refractivity contribution in [2.75, 3.05) is 5.73 Å². The van der Waals surface area contributed by atoms with E-state index in [1.54, 1.807) is 0 Å². The second-order valence-corrected chi connectivity index (χ2v) is 5.91. The molecule has 0 unspecified atom stereocenters. The fourth-order valence-electron chi connectivity index (χ4n) is 2.48. The third-order valence-electron chi connectivity index (χ3n) is 3.69. The second-order valence-electron chi connectivity index (χ2n) is 5.91. The predicted molar refractivity (Wildman–Crippen MR) is 74.9 cm³/mol. The average Bonchev–Trinajstić information content (AvgIpc) is 2.75. The van der Waals surface area contributed by atoms with Gasteiger partial charge in [-0.1, -0.05) is 26.7 Å². The first-order valence-corrected chi connectivity index (χ1v) is 6.86. The van der Waals surface area contributed by atoms with Crippen molar-refractivity contribution in [2.45, 2.75) is 57.9 Å². The highest BCUT2D eigenvalue weighted by Crippen LogP contribution is 2.29. The van der Waals surface area contributed by atoms with Crippen molar-refractivity contribution in [3.05, 3.63) is 17.7 Å². The summed E-state index contributed by atoms with van der Waals surface area (Å²) in [5.41, 5.74) is 6.34. The number of hydrogen-bond donors (Lipinski definition) is 2. The van der Waals surface area contributed by atoms with Gasteiger partial charge in [0.1, 0.15) is 5.82 Å². The normalized spacial score (nSPS) is 17.7. The van der Waals surface area contributed by atoms with Gasteiger partial charge >= 0.3 is 0 Å². The summed E-state index contributed by atoms with van der Waals surface area (Å²) in [6.45, 7) is 6.07. The Morgan fingerprint density at radius 1 is 1.42 bits per heavy atom. The fraction of sp³-hybridized carbons (Fsp3) is 0.643. The minimum atomic E-state index is -0.189. The Balaban J connectivity index is 2.20. The van der Waals surface area contributed by atoms with Gasteiger partial charge in [0.15, 0.2) is 5.69 Å². The molecule has 1 aliphatic rings. The highest BCUT2D eigenvalue weighted by atomic mass is 16.2. The van der Waals surface area contributed by atoms with Gasteiger partial charge in [0.2, 0.25) is 0 Å². The second kappa shape index (κ2) is 5.15. The van der Waals surface area contributed by atoms with Crippen LogP contribution in [0.4, 0.5) is 5.69 Å². The molecule has 0 atom stereocenters. The van der Waals surface area contributed by atoms with Crippen LogP contribution in [0.3, 0.4) is 0 Å². The number of nitrogen functional groups attached to an aromatic ring is 1. The van der Waals surface area contributed by atoms with E-state index in [1.807, 2.05) is 13.8 Å². The zero-order valence-electron chi connectivity index (χ0n) is 11.9. The van der Waals surface area contributed by atoms with Crippen molar-refractivity contribution < 1.29 is 4.79 Å². The molecule has 1 fully saturated rings. The number of nitrogens with two attached hydrogens (primary N) is 1. The van der Waals surface area contributed by atoms with Crippen LogP contribution in [0.5, 0.6) is 0 Å². The summed E-state index contributed by atoms with van der Waals surface area (Å²) in [5.74, 6) is 0.636. The number of nitrogens with one attached hydrogen (secondary N) is 1. The lowest BCUT2D eigenvalue weighted by Crippen LogP contribution is -2.44. The van der Waals surface area contributed by atoms with Crippen LogP contribution in [0.25, 0.3) is 0 Å². The highest BCUT2D eigenvalue weighted by Gasteiger charge is 2.31. The number of aromatic nitrogens is 2. The smallest absolute Gasteiger partial charge is 0.272 e. The molecule has 0 aliphatic heterocycles. The molecule has 2 rings (SSSR count). The monoisotopic (exact) mass is 262 g/mol. The van der Waals surface area contributed by atoms with Gasteiger partial charge in [-0.3, -0.25) is 4.79 Å². The van der Waals surface area contributed by atoms with Gasteiger partial charge in [-0.15, -0.1) is 0 Å². The van der Waals surface area contributed by atoms with Crippen molar-refractivity contribution in [1.82, 2.24) is 15.3 Å². The summed E-state index contributed by atoms with van der Waals surface area (Å²) in [4.78, 5) is 20.8. The summed E-state index contributed by atoms with van der Waals surface area (Å²) in [7, 11) is 0. The Bertz CT molecular complexity index is 478. The van der Waals surface area contributed by atoms with Crippen molar-refractivity contribution in [3.8, 4) is 0 Å². The first-order valence-electron chi connectivity index (χ1n) is 6.86. The van der Waals surface area contributed by atoms with Gasteiger partial charge in [0.25, 0.3) is 5.91 Å². The zero-order valence-corrected chi connectivity index (χ0v) is 11.9. The Morgan fingerprint density at radius 2 is 2.05 bits per heavy atom. The summed E-state index contributed by atoms with van der Waals surface area (Å²) >= 11 is 0. The van der Waals surface area contributed by atoms with Gasteiger partial charge < -0.3 is 11.1 Å². The number of rotatable bonds is 3. The number of carbonyl (C=O) groups excluding carboxylic acids is 1. The van der Waals surface area contributed by atoms with Crippen molar-refractivity contribution in [3.63, 3.8) is 0 Å². The first-order chi connectivity index (χ1) is 8.91. The van der Waals surface area contributed by atoms with Gasteiger partial charge in [-0.25, -0.2) is 9.97 Å². The molecule has 1 heterocycles. The number of carbonyl (C=O) groups is 1. The van der Waals surface area contributed by atoms with E-state index in [4.69, 9.17) is 5.73 Å². The zero-order chi connectivity index (χ0) is 14.0. The van der Waals surface area contributed by atoms with E-state index in [0.29, 0.717) is 17.2 Å². The van der Waals surface area contributed by atoms with E-state index < -0.39 is 0 Å². The lowest BCUT2D eigenvalue weighted by Gasteiger charge is -2.25. The maximum absolute atomic E-state index is 12.3. The van der Waals surface area contributed by atoms with Gasteiger partial charge in [-0.2, -0.15) is 0 Å². The van der Waals surface area contributed by atoms with E-state index in [-0.39, 0.29) is 17.4 Å². The molecule has 5 nitrogen and oxygen atoms in total. The molecular formula is C14H22N4O. The van der Waals surface area contributed by atoms with E-state index in [1.165, 1.54) is 6.20 Å². The predicted octanol–water partition coefficient (Wildman–Crippen LogP) is 2.24. The average molecular weight is 262 g/mol. The molecule has 1 saturated carbocycles. The molecular weight excluding hydrogens is 240 g/mol. The van der Waals surface area contributed by atoms with Gasteiger partial charge in [0.05, 0.1) is 11.9 Å². The minimum Gasteiger partial charge on any atom is -0.396 e. The third kappa shape index (κ3) is 3.03. The van der Waals surface area contributed by atoms with Crippen LogP contribution in [0.15, 0.2) is 6.20 Å². The Kier molecular flexibility index (Phi) is 3.73. The Labute approximate surface area is 114 Å². The maximum atomic E-state index is 12.3. The lowest BCUT2D eigenvalue weighted by atomic mass is 10.0. The van der Waals surface area contributed by atoms with Crippen molar-refractivity contribution >= 4 is 11.6 Å².